The molecule has 34 heavy (non-hydrogen) atoms. The van der Waals surface area contributed by atoms with Crippen LogP contribution in [0.3, 0.4) is 0 Å². The molecule has 1 aliphatic heterocycles. The van der Waals surface area contributed by atoms with Crippen molar-refractivity contribution in [3.05, 3.63) is 36.0 Å². The Hall–Kier alpha value is -3.79. The van der Waals surface area contributed by atoms with Crippen LogP contribution >= 0.6 is 0 Å². The molecule has 1 saturated carbocycles. The first kappa shape index (κ1) is 23.4. The Kier molecular flexibility index (Phi) is 6.09. The standard InChI is InChI=1S/C21H20F3N7O3/c22-21(23,24)17-11-34-4-3-31(17)18(32)10-29-13-5-12(7-27-14(13)6-25)15-8-30-16(9-28-15)20(1-2-20)19(26)33/h5,7-9,17,29H,1-4,10-11H2,(H2,26,33). The van der Waals surface area contributed by atoms with Crippen molar-refractivity contribution in [2.75, 3.05) is 31.6 Å². The molecule has 2 aliphatic rings. The van der Waals surface area contributed by atoms with Gasteiger partial charge >= 0.3 is 6.18 Å². The number of aromatic nitrogens is 3. The number of nitriles is 1. The Balaban J connectivity index is 1.50. The summed E-state index contributed by atoms with van der Waals surface area (Å²) in [7, 11) is 0. The van der Waals surface area contributed by atoms with Crippen molar-refractivity contribution in [3.63, 3.8) is 0 Å². The van der Waals surface area contributed by atoms with Crippen LogP contribution in [0.5, 0.6) is 0 Å². The van der Waals surface area contributed by atoms with Gasteiger partial charge in [0, 0.05) is 18.3 Å². The minimum absolute atomic E-state index is 0.00447. The molecule has 2 amide bonds. The number of hydrogen-bond donors (Lipinski definition) is 2. The molecule has 1 saturated heterocycles. The third-order valence-corrected chi connectivity index (χ3v) is 5.91. The molecule has 1 atom stereocenters. The highest BCUT2D eigenvalue weighted by molar-refractivity contribution is 5.89. The highest BCUT2D eigenvalue weighted by Gasteiger charge is 2.51. The first-order valence-electron chi connectivity index (χ1n) is 10.4. The summed E-state index contributed by atoms with van der Waals surface area (Å²) in [6, 6.07) is 1.35. The number of nitrogens with zero attached hydrogens (tertiary/aromatic N) is 5. The number of carbonyl (C=O) groups is 2. The van der Waals surface area contributed by atoms with Crippen LogP contribution in [0.4, 0.5) is 18.9 Å². The minimum Gasteiger partial charge on any atom is -0.377 e. The van der Waals surface area contributed by atoms with E-state index in [1.165, 1.54) is 24.7 Å². The summed E-state index contributed by atoms with van der Waals surface area (Å²) < 4.78 is 44.6. The lowest BCUT2D eigenvalue weighted by molar-refractivity contribution is -0.212. The molecule has 0 aromatic carbocycles. The van der Waals surface area contributed by atoms with Gasteiger partial charge in [-0.05, 0) is 18.9 Å². The number of alkyl halides is 3. The molecule has 13 heteroatoms. The molecule has 2 aromatic rings. The van der Waals surface area contributed by atoms with E-state index in [-0.39, 0.29) is 24.5 Å². The van der Waals surface area contributed by atoms with Crippen molar-refractivity contribution in [2.24, 2.45) is 5.73 Å². The summed E-state index contributed by atoms with van der Waals surface area (Å²) in [5.41, 5.74) is 6.11. The minimum atomic E-state index is -4.62. The van der Waals surface area contributed by atoms with Gasteiger partial charge in [0.1, 0.15) is 6.07 Å². The first-order chi connectivity index (χ1) is 16.2. The van der Waals surface area contributed by atoms with Crippen LogP contribution < -0.4 is 11.1 Å². The Morgan fingerprint density at radius 2 is 2.03 bits per heavy atom. The van der Waals surface area contributed by atoms with Gasteiger partial charge in [0.2, 0.25) is 11.8 Å². The predicted octanol–water partition coefficient (Wildman–Crippen LogP) is 1.13. The second-order valence-electron chi connectivity index (χ2n) is 8.04. The van der Waals surface area contributed by atoms with Gasteiger partial charge in [-0.3, -0.25) is 19.6 Å². The Bertz CT molecular complexity index is 1140. The predicted molar refractivity (Wildman–Crippen MR) is 111 cm³/mol. The zero-order chi connectivity index (χ0) is 24.5. The van der Waals surface area contributed by atoms with Crippen molar-refractivity contribution in [1.82, 2.24) is 19.9 Å². The molecule has 0 bridgehead atoms. The molecule has 1 unspecified atom stereocenters. The second-order valence-corrected chi connectivity index (χ2v) is 8.04. The lowest BCUT2D eigenvalue weighted by Crippen LogP contribution is -2.56. The number of rotatable bonds is 6. The number of amides is 2. The quantitative estimate of drug-likeness (QED) is 0.632. The fourth-order valence-electron chi connectivity index (χ4n) is 3.75. The number of carbonyl (C=O) groups excluding carboxylic acids is 2. The lowest BCUT2D eigenvalue weighted by Gasteiger charge is -2.36. The third kappa shape index (κ3) is 4.49. The van der Waals surface area contributed by atoms with Crippen molar-refractivity contribution >= 4 is 17.5 Å². The number of primary amides is 1. The number of nitrogens with one attached hydrogen (secondary N) is 1. The number of anilines is 1. The van der Waals surface area contributed by atoms with Gasteiger partial charge in [-0.15, -0.1) is 0 Å². The van der Waals surface area contributed by atoms with Crippen LogP contribution in [0.2, 0.25) is 0 Å². The maximum atomic E-state index is 13.2. The molecule has 178 valence electrons. The average Bonchev–Trinajstić information content (AvgIpc) is 3.64. The van der Waals surface area contributed by atoms with Gasteiger partial charge in [-0.2, -0.15) is 18.4 Å². The second kappa shape index (κ2) is 8.86. The summed E-state index contributed by atoms with van der Waals surface area (Å²) in [6.45, 7) is -1.28. The molecule has 0 spiro atoms. The van der Waals surface area contributed by atoms with Gasteiger partial charge in [-0.1, -0.05) is 0 Å². The number of halogens is 3. The SMILES string of the molecule is N#Cc1ncc(-c2cnc(C3(C(N)=O)CC3)cn2)cc1NCC(=O)N1CCOCC1C(F)(F)F. The highest BCUT2D eigenvalue weighted by Crippen LogP contribution is 2.46. The van der Waals surface area contributed by atoms with Gasteiger partial charge in [0.25, 0.3) is 0 Å². The van der Waals surface area contributed by atoms with E-state index in [0.29, 0.717) is 29.8 Å². The maximum Gasteiger partial charge on any atom is 0.411 e. The maximum absolute atomic E-state index is 13.2. The van der Waals surface area contributed by atoms with Crippen LogP contribution in [-0.4, -0.2) is 70.2 Å². The molecule has 1 aliphatic carbocycles. The van der Waals surface area contributed by atoms with Gasteiger partial charge in [0.05, 0.1) is 54.6 Å². The van der Waals surface area contributed by atoms with Crippen molar-refractivity contribution in [3.8, 4) is 17.3 Å². The number of morpholine rings is 1. The zero-order valence-corrected chi connectivity index (χ0v) is 17.8. The van der Waals surface area contributed by atoms with Crippen LogP contribution in [0.15, 0.2) is 24.7 Å². The van der Waals surface area contributed by atoms with E-state index in [1.807, 2.05) is 6.07 Å². The van der Waals surface area contributed by atoms with Crippen LogP contribution in [0.25, 0.3) is 11.3 Å². The summed E-state index contributed by atoms with van der Waals surface area (Å²) in [5, 5.41) is 12.1. The highest BCUT2D eigenvalue weighted by atomic mass is 19.4. The molecule has 4 rings (SSSR count). The lowest BCUT2D eigenvalue weighted by atomic mass is 10.0. The van der Waals surface area contributed by atoms with E-state index < -0.39 is 42.6 Å². The van der Waals surface area contributed by atoms with Crippen LogP contribution in [0.1, 0.15) is 24.2 Å². The molecule has 3 heterocycles. The van der Waals surface area contributed by atoms with Crippen molar-refractivity contribution in [1.29, 1.82) is 5.26 Å². The molecule has 10 nitrogen and oxygen atoms in total. The fourth-order valence-corrected chi connectivity index (χ4v) is 3.75. The molecule has 0 radical (unpaired) electrons. The van der Waals surface area contributed by atoms with Crippen molar-refractivity contribution < 1.29 is 27.5 Å². The summed E-state index contributed by atoms with van der Waals surface area (Å²) >= 11 is 0. The topological polar surface area (TPSA) is 147 Å². The van der Waals surface area contributed by atoms with Gasteiger partial charge < -0.3 is 20.7 Å². The molecular weight excluding hydrogens is 455 g/mol. The molecule has 2 fully saturated rings. The Labute approximate surface area is 191 Å². The third-order valence-electron chi connectivity index (χ3n) is 5.91. The van der Waals surface area contributed by atoms with Crippen LogP contribution in [-0.2, 0) is 19.7 Å². The zero-order valence-electron chi connectivity index (χ0n) is 17.8. The number of hydrogen-bond acceptors (Lipinski definition) is 8. The average molecular weight is 475 g/mol. The first-order valence-corrected chi connectivity index (χ1v) is 10.4. The smallest absolute Gasteiger partial charge is 0.377 e. The van der Waals surface area contributed by atoms with Crippen LogP contribution in [0, 0.1) is 11.3 Å². The number of ether oxygens (including phenoxy) is 1. The normalized spacial score (nSPS) is 19.2. The van der Waals surface area contributed by atoms with E-state index in [0.717, 1.165) is 4.90 Å². The largest absolute Gasteiger partial charge is 0.411 e. The van der Waals surface area contributed by atoms with Crippen molar-refractivity contribution in [2.45, 2.75) is 30.5 Å². The molecular formula is C21H20F3N7O3. The van der Waals surface area contributed by atoms with E-state index in [1.54, 1.807) is 0 Å². The van der Waals surface area contributed by atoms with E-state index >= 15 is 0 Å². The van der Waals surface area contributed by atoms with Gasteiger partial charge in [0.15, 0.2) is 11.7 Å². The monoisotopic (exact) mass is 475 g/mol. The van der Waals surface area contributed by atoms with E-state index in [9.17, 15) is 28.0 Å². The van der Waals surface area contributed by atoms with E-state index in [4.69, 9.17) is 10.5 Å². The Morgan fingerprint density at radius 1 is 1.26 bits per heavy atom. The summed E-state index contributed by atoms with van der Waals surface area (Å²) in [4.78, 5) is 37.6. The van der Waals surface area contributed by atoms with E-state index in [2.05, 4.69) is 20.3 Å². The molecule has 3 N–H and O–H groups in total. The number of nitrogens with two attached hydrogens (primary N) is 1. The summed E-state index contributed by atoms with van der Waals surface area (Å²) in [5.74, 6) is -1.25. The Morgan fingerprint density at radius 3 is 2.62 bits per heavy atom. The van der Waals surface area contributed by atoms with Gasteiger partial charge in [-0.25, -0.2) is 4.98 Å². The molecule has 2 aromatic heterocycles. The summed E-state index contributed by atoms with van der Waals surface area (Å²) in [6.07, 6.45) is 0.881. The fraction of sp³-hybridized carbons (Fsp3) is 0.429. The number of pyridine rings is 1.